The number of nitrogens with zero attached hydrogens (tertiary/aromatic N) is 4. The van der Waals surface area contributed by atoms with Gasteiger partial charge in [0, 0.05) is 57.7 Å². The summed E-state index contributed by atoms with van der Waals surface area (Å²) in [6.45, 7) is 3.75. The van der Waals surface area contributed by atoms with E-state index in [9.17, 15) is 28.0 Å². The predicted molar refractivity (Wildman–Crippen MR) is 161 cm³/mol. The van der Waals surface area contributed by atoms with Gasteiger partial charge in [-0.15, -0.1) is 0 Å². The van der Waals surface area contributed by atoms with Gasteiger partial charge in [-0.05, 0) is 53.8 Å². The molecule has 3 aromatic carbocycles. The minimum absolute atomic E-state index is 0.0660. The molecule has 0 saturated carbocycles. The zero-order valence-electron chi connectivity index (χ0n) is 24.9. The third-order valence-electron chi connectivity index (χ3n) is 9.51. The molecule has 3 aliphatic rings. The highest BCUT2D eigenvalue weighted by Crippen LogP contribution is 2.37. The monoisotopic (exact) mass is 616 g/mol. The number of rotatable bonds is 6. The molecule has 45 heavy (non-hydrogen) atoms. The number of likely N-dealkylation sites (tertiary alicyclic amines) is 2. The molecule has 1 spiro atoms. The van der Waals surface area contributed by atoms with Crippen molar-refractivity contribution in [3.05, 3.63) is 107 Å². The Morgan fingerprint density at radius 3 is 2.02 bits per heavy atom. The molecule has 3 heterocycles. The van der Waals surface area contributed by atoms with Crippen LogP contribution in [0, 0.1) is 11.3 Å². The van der Waals surface area contributed by atoms with E-state index in [2.05, 4.69) is 11.0 Å². The van der Waals surface area contributed by atoms with Crippen LogP contribution < -0.4 is 0 Å². The van der Waals surface area contributed by atoms with Crippen LogP contribution >= 0.6 is 0 Å². The number of hydrogen-bond acceptors (Lipinski definition) is 5. The summed E-state index contributed by atoms with van der Waals surface area (Å²) in [4.78, 5) is 31.7. The van der Waals surface area contributed by atoms with Crippen molar-refractivity contribution in [1.29, 1.82) is 5.26 Å². The Hall–Kier alpha value is -4.36. The molecule has 0 aliphatic carbocycles. The van der Waals surface area contributed by atoms with Gasteiger partial charge >= 0.3 is 12.3 Å². The summed E-state index contributed by atoms with van der Waals surface area (Å²) < 4.78 is 44.5. The van der Waals surface area contributed by atoms with E-state index in [0.717, 1.165) is 28.8 Å². The zero-order valence-corrected chi connectivity index (χ0v) is 24.9. The van der Waals surface area contributed by atoms with Crippen molar-refractivity contribution in [3.8, 4) is 6.07 Å². The van der Waals surface area contributed by atoms with Gasteiger partial charge in [0.25, 0.3) is 5.91 Å². The summed E-state index contributed by atoms with van der Waals surface area (Å²) in [5.41, 5.74) is 1.47. The van der Waals surface area contributed by atoms with Gasteiger partial charge < -0.3 is 9.64 Å². The summed E-state index contributed by atoms with van der Waals surface area (Å²) >= 11 is 0. The molecule has 10 heteroatoms. The lowest BCUT2D eigenvalue weighted by molar-refractivity contribution is -0.137. The zero-order chi connectivity index (χ0) is 31.7. The molecule has 0 aromatic heterocycles. The second-order valence-electron chi connectivity index (χ2n) is 12.4. The highest BCUT2D eigenvalue weighted by Gasteiger charge is 2.47. The van der Waals surface area contributed by atoms with Crippen molar-refractivity contribution in [1.82, 2.24) is 14.7 Å². The molecular formula is C35H35F3N4O3. The fourth-order valence-electron chi connectivity index (χ4n) is 6.72. The molecule has 0 unspecified atom stereocenters. The van der Waals surface area contributed by atoms with Crippen LogP contribution in [0.4, 0.5) is 18.0 Å². The van der Waals surface area contributed by atoms with E-state index >= 15 is 0 Å². The molecule has 6 rings (SSSR count). The van der Waals surface area contributed by atoms with Gasteiger partial charge in [-0.3, -0.25) is 14.6 Å². The van der Waals surface area contributed by atoms with Crippen LogP contribution in [0.5, 0.6) is 0 Å². The maximum atomic E-state index is 13.3. The standard InChI is InChI=1S/C35H35F3N4O3/c36-35(37,38)30-12-8-26(9-13-30)22-40-18-16-34(17-19-40)25-42(32(44)45-34)23-27-6-10-28(11-7-27)31(43)41-20-14-33(24-39,15-21-41)29-4-2-1-3-5-29/h1-13H,14-23,25H2. The molecule has 7 nitrogen and oxygen atoms in total. The van der Waals surface area contributed by atoms with Gasteiger partial charge in [-0.25, -0.2) is 4.79 Å². The first-order valence-electron chi connectivity index (χ1n) is 15.3. The summed E-state index contributed by atoms with van der Waals surface area (Å²) in [5, 5.41) is 9.96. The minimum atomic E-state index is -4.35. The largest absolute Gasteiger partial charge is 0.441 e. The molecule has 2 amide bonds. The molecule has 0 radical (unpaired) electrons. The Balaban J connectivity index is 0.995. The van der Waals surface area contributed by atoms with Crippen LogP contribution in [0.1, 0.15) is 58.3 Å². The molecule has 3 saturated heterocycles. The average molecular weight is 617 g/mol. The van der Waals surface area contributed by atoms with Crippen molar-refractivity contribution in [2.45, 2.75) is 56.0 Å². The van der Waals surface area contributed by atoms with Gasteiger partial charge in [-0.1, -0.05) is 54.6 Å². The van der Waals surface area contributed by atoms with E-state index in [1.807, 2.05) is 42.5 Å². The minimum Gasteiger partial charge on any atom is -0.441 e. The number of piperidine rings is 2. The highest BCUT2D eigenvalue weighted by molar-refractivity contribution is 5.94. The van der Waals surface area contributed by atoms with Crippen molar-refractivity contribution in [2.75, 3.05) is 32.7 Å². The number of carbonyl (C=O) groups excluding carboxylic acids is 2. The normalized spacial score (nSPS) is 19.7. The Morgan fingerprint density at radius 2 is 1.42 bits per heavy atom. The molecule has 0 atom stereocenters. The maximum absolute atomic E-state index is 13.3. The molecule has 0 bridgehead atoms. The Bertz CT molecular complexity index is 1550. The molecule has 3 aromatic rings. The van der Waals surface area contributed by atoms with Crippen LogP contribution in [0.25, 0.3) is 0 Å². The number of ether oxygens (including phenoxy) is 1. The topological polar surface area (TPSA) is 76.9 Å². The second kappa shape index (κ2) is 12.2. The molecule has 0 N–H and O–H groups in total. The summed E-state index contributed by atoms with van der Waals surface area (Å²) in [6.07, 6.45) is -2.24. The van der Waals surface area contributed by atoms with Crippen LogP contribution in [-0.2, 0) is 29.4 Å². The number of amides is 2. The number of benzene rings is 3. The fourth-order valence-corrected chi connectivity index (χ4v) is 6.72. The first-order valence-corrected chi connectivity index (χ1v) is 15.3. The van der Waals surface area contributed by atoms with Crippen LogP contribution in [0.15, 0.2) is 78.9 Å². The van der Waals surface area contributed by atoms with Gasteiger partial charge in [0.15, 0.2) is 0 Å². The van der Waals surface area contributed by atoms with E-state index in [0.29, 0.717) is 77.1 Å². The lowest BCUT2D eigenvalue weighted by Gasteiger charge is -2.37. The van der Waals surface area contributed by atoms with Gasteiger partial charge in [-0.2, -0.15) is 18.4 Å². The Morgan fingerprint density at radius 1 is 0.822 bits per heavy atom. The first-order chi connectivity index (χ1) is 21.6. The first kappa shape index (κ1) is 30.7. The Kier molecular flexibility index (Phi) is 8.31. The van der Waals surface area contributed by atoms with Crippen molar-refractivity contribution < 1.29 is 27.5 Å². The molecule has 3 fully saturated rings. The van der Waals surface area contributed by atoms with Crippen LogP contribution in [0.2, 0.25) is 0 Å². The SMILES string of the molecule is N#CC1(c2ccccc2)CCN(C(=O)c2ccc(CN3CC4(CCN(Cc5ccc(C(F)(F)F)cc5)CC4)OC3=O)cc2)CC1. The predicted octanol–water partition coefficient (Wildman–Crippen LogP) is 6.39. The Labute approximate surface area is 260 Å². The van der Waals surface area contributed by atoms with Gasteiger partial charge in [0.2, 0.25) is 0 Å². The lowest BCUT2D eigenvalue weighted by atomic mass is 9.74. The van der Waals surface area contributed by atoms with Gasteiger partial charge in [0.1, 0.15) is 5.60 Å². The van der Waals surface area contributed by atoms with Crippen molar-refractivity contribution >= 4 is 12.0 Å². The van der Waals surface area contributed by atoms with E-state index in [1.54, 1.807) is 21.9 Å². The number of halogens is 3. The van der Waals surface area contributed by atoms with Crippen LogP contribution in [0.3, 0.4) is 0 Å². The van der Waals surface area contributed by atoms with E-state index in [-0.39, 0.29) is 12.0 Å². The number of hydrogen-bond donors (Lipinski definition) is 0. The smallest absolute Gasteiger partial charge is 0.416 e. The number of nitriles is 1. The van der Waals surface area contributed by atoms with Gasteiger partial charge in [0.05, 0.1) is 23.6 Å². The second-order valence-corrected chi connectivity index (χ2v) is 12.4. The lowest BCUT2D eigenvalue weighted by Crippen LogP contribution is -2.46. The maximum Gasteiger partial charge on any atom is 0.416 e. The number of carbonyl (C=O) groups is 2. The third-order valence-corrected chi connectivity index (χ3v) is 9.51. The van der Waals surface area contributed by atoms with E-state index < -0.39 is 22.8 Å². The summed E-state index contributed by atoms with van der Waals surface area (Å²) in [6, 6.07) is 24.8. The average Bonchev–Trinajstić information content (AvgIpc) is 3.36. The molecule has 3 aliphatic heterocycles. The summed E-state index contributed by atoms with van der Waals surface area (Å²) in [7, 11) is 0. The molecular weight excluding hydrogens is 581 g/mol. The van der Waals surface area contributed by atoms with Crippen LogP contribution in [-0.4, -0.2) is 65.0 Å². The van der Waals surface area contributed by atoms with Crippen molar-refractivity contribution in [3.63, 3.8) is 0 Å². The van der Waals surface area contributed by atoms with Crippen molar-refractivity contribution in [2.24, 2.45) is 0 Å². The molecule has 234 valence electrons. The third kappa shape index (κ3) is 6.54. The van der Waals surface area contributed by atoms with E-state index in [4.69, 9.17) is 4.74 Å². The highest BCUT2D eigenvalue weighted by atomic mass is 19.4. The number of alkyl halides is 3. The van der Waals surface area contributed by atoms with E-state index in [1.165, 1.54) is 12.1 Å². The summed E-state index contributed by atoms with van der Waals surface area (Å²) in [5.74, 6) is -0.0660. The fraction of sp³-hybridized carbons (Fsp3) is 0.400. The quantitative estimate of drug-likeness (QED) is 0.321.